The van der Waals surface area contributed by atoms with Crippen LogP contribution in [-0.2, 0) is 9.59 Å². The highest BCUT2D eigenvalue weighted by Crippen LogP contribution is 2.21. The fourth-order valence-electron chi connectivity index (χ4n) is 2.68. The second-order valence-electron chi connectivity index (χ2n) is 5.92. The number of carbonyl (C=O) groups excluding carboxylic acids is 2. The topological polar surface area (TPSA) is 49.4 Å². The van der Waals surface area contributed by atoms with E-state index in [9.17, 15) is 14.0 Å². The molecule has 1 aliphatic rings. The quantitative estimate of drug-likeness (QED) is 0.577. The van der Waals surface area contributed by atoms with Crippen LogP contribution >= 0.6 is 11.8 Å². The molecule has 0 aliphatic carbocycles. The first-order chi connectivity index (χ1) is 11.7. The molecule has 2 rings (SSSR count). The van der Waals surface area contributed by atoms with Gasteiger partial charge in [0.05, 0.1) is 0 Å². The summed E-state index contributed by atoms with van der Waals surface area (Å²) in [6.45, 7) is 2.13. The predicted molar refractivity (Wildman–Crippen MR) is 94.4 cm³/mol. The van der Waals surface area contributed by atoms with Crippen LogP contribution in [0.5, 0.6) is 0 Å². The van der Waals surface area contributed by atoms with Crippen molar-refractivity contribution in [1.29, 1.82) is 0 Å². The first-order valence-electron chi connectivity index (χ1n) is 8.58. The lowest BCUT2D eigenvalue weighted by Gasteiger charge is -2.20. The Hall–Kier alpha value is -1.56. The van der Waals surface area contributed by atoms with Gasteiger partial charge in [0.15, 0.2) is 0 Å². The first kappa shape index (κ1) is 18.8. The summed E-state index contributed by atoms with van der Waals surface area (Å²) in [5, 5.41) is 2.87. The molecule has 1 heterocycles. The Morgan fingerprint density at radius 2 is 2.08 bits per heavy atom. The molecular weight excluding hydrogens is 327 g/mol. The lowest BCUT2D eigenvalue weighted by atomic mass is 10.2. The summed E-state index contributed by atoms with van der Waals surface area (Å²) in [6.07, 6.45) is 4.98. The normalized spacial score (nSPS) is 15.2. The molecule has 2 amide bonds. The molecule has 6 heteroatoms. The maximum Gasteiger partial charge on any atom is 0.222 e. The van der Waals surface area contributed by atoms with Gasteiger partial charge in [-0.05, 0) is 31.4 Å². The highest BCUT2D eigenvalue weighted by Gasteiger charge is 2.15. The SMILES string of the molecule is O=C(CCSc1ccccc1F)NCCCN1CCCCCC1=O. The smallest absolute Gasteiger partial charge is 0.222 e. The second kappa shape index (κ2) is 10.3. The van der Waals surface area contributed by atoms with Crippen molar-refractivity contribution in [2.24, 2.45) is 0 Å². The van der Waals surface area contributed by atoms with Crippen molar-refractivity contribution >= 4 is 23.6 Å². The molecule has 1 aromatic rings. The molecule has 1 aromatic carbocycles. The minimum Gasteiger partial charge on any atom is -0.356 e. The molecule has 132 valence electrons. The van der Waals surface area contributed by atoms with Crippen LogP contribution in [0.2, 0.25) is 0 Å². The predicted octanol–water partition coefficient (Wildman–Crippen LogP) is 3.22. The second-order valence-corrected chi connectivity index (χ2v) is 7.06. The van der Waals surface area contributed by atoms with Crippen LogP contribution < -0.4 is 5.32 Å². The standard InChI is InChI=1S/C18H25FN2O2S/c19-15-7-3-4-8-16(15)24-14-10-17(22)20-11-6-13-21-12-5-1-2-9-18(21)23/h3-4,7-8H,1-2,5-6,9-14H2,(H,20,22). The minimum atomic E-state index is -0.245. The molecule has 1 saturated heterocycles. The number of thioether (sulfide) groups is 1. The van der Waals surface area contributed by atoms with Crippen LogP contribution in [-0.4, -0.2) is 42.1 Å². The Kier molecular flexibility index (Phi) is 8.08. The van der Waals surface area contributed by atoms with E-state index in [1.54, 1.807) is 18.2 Å². The summed E-state index contributed by atoms with van der Waals surface area (Å²) in [5.74, 6) is 0.517. The summed E-state index contributed by atoms with van der Waals surface area (Å²) in [7, 11) is 0. The van der Waals surface area contributed by atoms with Gasteiger partial charge < -0.3 is 10.2 Å². The fourth-order valence-corrected chi connectivity index (χ4v) is 3.56. The van der Waals surface area contributed by atoms with Gasteiger partial charge in [0.1, 0.15) is 5.82 Å². The summed E-state index contributed by atoms with van der Waals surface area (Å²) >= 11 is 1.35. The molecule has 0 unspecified atom stereocenters. The number of nitrogens with one attached hydrogen (secondary N) is 1. The Bertz CT molecular complexity index is 554. The van der Waals surface area contributed by atoms with E-state index in [2.05, 4.69) is 5.32 Å². The van der Waals surface area contributed by atoms with Crippen molar-refractivity contribution in [1.82, 2.24) is 10.2 Å². The lowest BCUT2D eigenvalue weighted by Crippen LogP contribution is -2.34. The highest BCUT2D eigenvalue weighted by atomic mass is 32.2. The van der Waals surface area contributed by atoms with E-state index in [1.165, 1.54) is 17.8 Å². The molecule has 1 fully saturated rings. The van der Waals surface area contributed by atoms with E-state index in [0.29, 0.717) is 36.6 Å². The largest absolute Gasteiger partial charge is 0.356 e. The average Bonchev–Trinajstić information content (AvgIpc) is 2.78. The van der Waals surface area contributed by atoms with Crippen LogP contribution in [0, 0.1) is 5.82 Å². The van der Waals surface area contributed by atoms with E-state index in [4.69, 9.17) is 0 Å². The van der Waals surface area contributed by atoms with Crippen molar-refractivity contribution in [2.45, 2.75) is 43.4 Å². The maximum absolute atomic E-state index is 13.4. The molecule has 1 N–H and O–H groups in total. The van der Waals surface area contributed by atoms with Crippen LogP contribution in [0.25, 0.3) is 0 Å². The van der Waals surface area contributed by atoms with Gasteiger partial charge in [-0.15, -0.1) is 11.8 Å². The van der Waals surface area contributed by atoms with Crippen molar-refractivity contribution in [3.05, 3.63) is 30.1 Å². The number of nitrogens with zero attached hydrogens (tertiary/aromatic N) is 1. The number of amides is 2. The summed E-state index contributed by atoms with van der Waals surface area (Å²) < 4.78 is 13.4. The molecule has 0 atom stereocenters. The maximum atomic E-state index is 13.4. The van der Waals surface area contributed by atoms with Crippen molar-refractivity contribution < 1.29 is 14.0 Å². The number of carbonyl (C=O) groups is 2. The van der Waals surface area contributed by atoms with E-state index in [-0.39, 0.29) is 17.6 Å². The first-order valence-corrected chi connectivity index (χ1v) is 9.57. The molecule has 4 nitrogen and oxygen atoms in total. The van der Waals surface area contributed by atoms with Gasteiger partial charge in [-0.1, -0.05) is 18.6 Å². The van der Waals surface area contributed by atoms with Gasteiger partial charge in [0.25, 0.3) is 0 Å². The average molecular weight is 352 g/mol. The third-order valence-corrected chi connectivity index (χ3v) is 5.07. The molecule has 24 heavy (non-hydrogen) atoms. The van der Waals surface area contributed by atoms with Crippen LogP contribution in [0.3, 0.4) is 0 Å². The van der Waals surface area contributed by atoms with Gasteiger partial charge >= 0.3 is 0 Å². The van der Waals surface area contributed by atoms with Crippen molar-refractivity contribution in [3.8, 4) is 0 Å². The van der Waals surface area contributed by atoms with Crippen molar-refractivity contribution in [2.75, 3.05) is 25.4 Å². The number of benzene rings is 1. The molecule has 0 radical (unpaired) electrons. The monoisotopic (exact) mass is 352 g/mol. The van der Waals surface area contributed by atoms with E-state index in [1.807, 2.05) is 4.90 Å². The number of halogens is 1. The van der Waals surface area contributed by atoms with E-state index >= 15 is 0 Å². The molecule has 0 spiro atoms. The fraction of sp³-hybridized carbons (Fsp3) is 0.556. The zero-order chi connectivity index (χ0) is 17.2. The zero-order valence-electron chi connectivity index (χ0n) is 13.9. The third-order valence-electron chi connectivity index (χ3n) is 4.02. The van der Waals surface area contributed by atoms with Gasteiger partial charge in [-0.3, -0.25) is 9.59 Å². The Morgan fingerprint density at radius 1 is 1.25 bits per heavy atom. The lowest BCUT2D eigenvalue weighted by molar-refractivity contribution is -0.130. The van der Waals surface area contributed by atoms with Crippen LogP contribution in [0.4, 0.5) is 4.39 Å². The molecule has 0 saturated carbocycles. The van der Waals surface area contributed by atoms with E-state index in [0.717, 1.165) is 32.2 Å². The van der Waals surface area contributed by atoms with Gasteiger partial charge in [-0.2, -0.15) is 0 Å². The van der Waals surface area contributed by atoms with E-state index < -0.39 is 0 Å². The molecule has 0 bridgehead atoms. The summed E-state index contributed by atoms with van der Waals surface area (Å²) in [5.41, 5.74) is 0. The third kappa shape index (κ3) is 6.51. The van der Waals surface area contributed by atoms with Crippen molar-refractivity contribution in [3.63, 3.8) is 0 Å². The Morgan fingerprint density at radius 3 is 2.92 bits per heavy atom. The number of hydrogen-bond acceptors (Lipinski definition) is 3. The number of rotatable bonds is 8. The van der Waals surface area contributed by atoms with Gasteiger partial charge in [0, 0.05) is 43.1 Å². The molecular formula is C18H25FN2O2S. The highest BCUT2D eigenvalue weighted by molar-refractivity contribution is 7.99. The zero-order valence-corrected chi connectivity index (χ0v) is 14.7. The Balaban J connectivity index is 1.56. The Labute approximate surface area is 147 Å². The van der Waals surface area contributed by atoms with Gasteiger partial charge in [-0.25, -0.2) is 4.39 Å². The van der Waals surface area contributed by atoms with Crippen LogP contribution in [0.15, 0.2) is 29.2 Å². The number of hydrogen-bond donors (Lipinski definition) is 1. The minimum absolute atomic E-state index is 0.0268. The number of likely N-dealkylation sites (tertiary alicyclic amines) is 1. The molecule has 1 aliphatic heterocycles. The summed E-state index contributed by atoms with van der Waals surface area (Å²) in [6, 6.07) is 6.58. The molecule has 0 aromatic heterocycles. The van der Waals surface area contributed by atoms with Gasteiger partial charge in [0.2, 0.25) is 11.8 Å². The van der Waals surface area contributed by atoms with Crippen LogP contribution in [0.1, 0.15) is 38.5 Å². The summed E-state index contributed by atoms with van der Waals surface area (Å²) in [4.78, 5) is 26.1.